The number of aromatic amines is 1. The average molecular weight is 465 g/mol. The smallest absolute Gasteiger partial charge is 0.267 e. The summed E-state index contributed by atoms with van der Waals surface area (Å²) < 4.78 is 33.9. The summed E-state index contributed by atoms with van der Waals surface area (Å²) in [6.07, 6.45) is 4.16. The Morgan fingerprint density at radius 3 is 2.64 bits per heavy atom. The fourth-order valence-electron chi connectivity index (χ4n) is 3.25. The number of hydrogen-bond acceptors (Lipinski definition) is 5. The van der Waals surface area contributed by atoms with E-state index >= 15 is 0 Å². The normalized spacial score (nSPS) is 11.3. The fraction of sp³-hybridized carbons (Fsp3) is 0.167. The molecule has 3 N–H and O–H groups in total. The molecule has 8 nitrogen and oxygen atoms in total. The zero-order chi connectivity index (χ0) is 23.3. The molecule has 1 amide bonds. The van der Waals surface area contributed by atoms with Gasteiger partial charge in [0.1, 0.15) is 11.4 Å². The van der Waals surface area contributed by atoms with Crippen molar-refractivity contribution in [3.63, 3.8) is 0 Å². The van der Waals surface area contributed by atoms with Crippen LogP contribution < -0.4 is 14.8 Å². The molecule has 0 saturated heterocycles. The van der Waals surface area contributed by atoms with E-state index < -0.39 is 10.0 Å². The number of fused-ring (bicyclic) bond motifs is 1. The molecule has 0 spiro atoms. The SMILES string of the molecule is CCCOc1ccccc1NS(=O)(=O)c1ccc(CNC(=O)c2cc3cnccc3[nH]2)cc1. The van der Waals surface area contributed by atoms with E-state index in [1.54, 1.807) is 60.9 Å². The van der Waals surface area contributed by atoms with Crippen LogP contribution in [0.2, 0.25) is 0 Å². The van der Waals surface area contributed by atoms with Crippen LogP contribution in [0.1, 0.15) is 29.4 Å². The number of carbonyl (C=O) groups is 1. The van der Waals surface area contributed by atoms with Gasteiger partial charge in [0.05, 0.1) is 17.2 Å². The fourth-order valence-corrected chi connectivity index (χ4v) is 4.32. The van der Waals surface area contributed by atoms with Gasteiger partial charge in [0, 0.05) is 29.8 Å². The van der Waals surface area contributed by atoms with Crippen LogP contribution in [-0.2, 0) is 16.6 Å². The predicted octanol–water partition coefficient (Wildman–Crippen LogP) is 4.08. The molecule has 0 aliphatic carbocycles. The molecule has 0 unspecified atom stereocenters. The molecule has 2 aromatic carbocycles. The number of rotatable bonds is 9. The molecular formula is C24H24N4O4S. The second-order valence-electron chi connectivity index (χ2n) is 7.42. The van der Waals surface area contributed by atoms with E-state index in [4.69, 9.17) is 4.74 Å². The Morgan fingerprint density at radius 1 is 1.09 bits per heavy atom. The Labute approximate surface area is 192 Å². The molecule has 0 aliphatic heterocycles. The number of para-hydroxylation sites is 2. The summed E-state index contributed by atoms with van der Waals surface area (Å²) in [4.78, 5) is 19.6. The zero-order valence-corrected chi connectivity index (χ0v) is 18.9. The van der Waals surface area contributed by atoms with E-state index in [1.165, 1.54) is 12.1 Å². The van der Waals surface area contributed by atoms with Crippen molar-refractivity contribution < 1.29 is 17.9 Å². The van der Waals surface area contributed by atoms with Gasteiger partial charge in [0.15, 0.2) is 0 Å². The Kier molecular flexibility index (Phi) is 6.60. The zero-order valence-electron chi connectivity index (χ0n) is 18.0. The van der Waals surface area contributed by atoms with Crippen LogP contribution >= 0.6 is 0 Å². The van der Waals surface area contributed by atoms with Gasteiger partial charge >= 0.3 is 0 Å². The number of H-pyrrole nitrogens is 1. The molecule has 0 bridgehead atoms. The minimum Gasteiger partial charge on any atom is -0.491 e. The van der Waals surface area contributed by atoms with E-state index in [0.29, 0.717) is 23.7 Å². The Hall–Kier alpha value is -3.85. The van der Waals surface area contributed by atoms with Crippen molar-refractivity contribution in [1.82, 2.24) is 15.3 Å². The van der Waals surface area contributed by atoms with Crippen molar-refractivity contribution in [3.05, 3.63) is 84.3 Å². The lowest BCUT2D eigenvalue weighted by Crippen LogP contribution is -2.23. The highest BCUT2D eigenvalue weighted by Crippen LogP contribution is 2.27. The van der Waals surface area contributed by atoms with Crippen LogP contribution in [0.4, 0.5) is 5.69 Å². The largest absolute Gasteiger partial charge is 0.491 e. The number of carbonyl (C=O) groups excluding carboxylic acids is 1. The Bertz CT molecular complexity index is 1330. The molecule has 0 saturated carbocycles. The van der Waals surface area contributed by atoms with Gasteiger partial charge in [-0.15, -0.1) is 0 Å². The van der Waals surface area contributed by atoms with Crippen molar-refractivity contribution in [2.75, 3.05) is 11.3 Å². The maximum atomic E-state index is 12.8. The van der Waals surface area contributed by atoms with E-state index in [2.05, 4.69) is 20.0 Å². The first-order chi connectivity index (χ1) is 16.0. The molecule has 4 rings (SSSR count). The molecule has 33 heavy (non-hydrogen) atoms. The first-order valence-electron chi connectivity index (χ1n) is 10.5. The topological polar surface area (TPSA) is 113 Å². The summed E-state index contributed by atoms with van der Waals surface area (Å²) in [7, 11) is -3.79. The van der Waals surface area contributed by atoms with Crippen molar-refractivity contribution in [1.29, 1.82) is 0 Å². The van der Waals surface area contributed by atoms with Gasteiger partial charge in [-0.3, -0.25) is 14.5 Å². The van der Waals surface area contributed by atoms with Crippen molar-refractivity contribution in [2.24, 2.45) is 0 Å². The quantitative estimate of drug-likeness (QED) is 0.345. The van der Waals surface area contributed by atoms with E-state index in [9.17, 15) is 13.2 Å². The second-order valence-corrected chi connectivity index (χ2v) is 9.11. The van der Waals surface area contributed by atoms with Crippen LogP contribution in [0, 0.1) is 0 Å². The lowest BCUT2D eigenvalue weighted by Gasteiger charge is -2.13. The third-order valence-corrected chi connectivity index (χ3v) is 6.33. The van der Waals surface area contributed by atoms with Crippen LogP contribution in [-0.4, -0.2) is 30.9 Å². The number of ether oxygens (including phenoxy) is 1. The van der Waals surface area contributed by atoms with Crippen molar-refractivity contribution >= 4 is 32.5 Å². The number of anilines is 1. The molecule has 0 fully saturated rings. The Morgan fingerprint density at radius 2 is 1.88 bits per heavy atom. The van der Waals surface area contributed by atoms with Crippen LogP contribution in [0.3, 0.4) is 0 Å². The summed E-state index contributed by atoms with van der Waals surface area (Å²) >= 11 is 0. The molecule has 0 atom stereocenters. The number of hydrogen-bond donors (Lipinski definition) is 3. The number of nitrogens with one attached hydrogen (secondary N) is 3. The highest BCUT2D eigenvalue weighted by atomic mass is 32.2. The number of nitrogens with zero attached hydrogens (tertiary/aromatic N) is 1. The van der Waals surface area contributed by atoms with Gasteiger partial charge in [0.2, 0.25) is 0 Å². The number of benzene rings is 2. The summed E-state index contributed by atoms with van der Waals surface area (Å²) in [5.41, 5.74) is 2.42. The van der Waals surface area contributed by atoms with E-state index in [1.807, 2.05) is 6.92 Å². The van der Waals surface area contributed by atoms with Gasteiger partial charge < -0.3 is 15.0 Å². The minimum atomic E-state index is -3.79. The first-order valence-corrected chi connectivity index (χ1v) is 12.0. The lowest BCUT2D eigenvalue weighted by molar-refractivity contribution is 0.0946. The van der Waals surface area contributed by atoms with Gasteiger partial charge in [-0.2, -0.15) is 0 Å². The molecule has 170 valence electrons. The molecule has 0 radical (unpaired) electrons. The summed E-state index contributed by atoms with van der Waals surface area (Å²) in [5.74, 6) is 0.225. The summed E-state index contributed by atoms with van der Waals surface area (Å²) in [6.45, 7) is 2.73. The average Bonchev–Trinajstić information content (AvgIpc) is 3.26. The summed E-state index contributed by atoms with van der Waals surface area (Å²) in [6, 6.07) is 16.8. The number of sulfonamides is 1. The van der Waals surface area contributed by atoms with Gasteiger partial charge in [-0.05, 0) is 48.4 Å². The number of pyridine rings is 1. The third kappa shape index (κ3) is 5.32. The van der Waals surface area contributed by atoms with Crippen molar-refractivity contribution in [2.45, 2.75) is 24.8 Å². The third-order valence-electron chi connectivity index (χ3n) is 4.95. The van der Waals surface area contributed by atoms with Crippen LogP contribution in [0.15, 0.2) is 78.0 Å². The molecular weight excluding hydrogens is 440 g/mol. The summed E-state index contributed by atoms with van der Waals surface area (Å²) in [5, 5.41) is 3.68. The second kappa shape index (κ2) is 9.74. The van der Waals surface area contributed by atoms with Gasteiger partial charge in [0.25, 0.3) is 15.9 Å². The van der Waals surface area contributed by atoms with E-state index in [-0.39, 0.29) is 17.3 Å². The van der Waals surface area contributed by atoms with E-state index in [0.717, 1.165) is 22.9 Å². The standard InChI is InChI=1S/C24H24N4O4S/c1-2-13-32-23-6-4-3-5-21(23)28-33(30,31)19-9-7-17(8-10-19)15-26-24(29)22-14-18-16-25-12-11-20(18)27-22/h3-12,14,16,27-28H,2,13,15H2,1H3,(H,26,29). The first kappa shape index (κ1) is 22.3. The maximum absolute atomic E-state index is 12.8. The number of aromatic nitrogens is 2. The molecule has 2 aromatic heterocycles. The molecule has 9 heteroatoms. The van der Waals surface area contributed by atoms with Crippen LogP contribution in [0.25, 0.3) is 10.9 Å². The van der Waals surface area contributed by atoms with Crippen LogP contribution in [0.5, 0.6) is 5.75 Å². The maximum Gasteiger partial charge on any atom is 0.267 e. The van der Waals surface area contributed by atoms with Crippen molar-refractivity contribution in [3.8, 4) is 5.75 Å². The Balaban J connectivity index is 1.40. The lowest BCUT2D eigenvalue weighted by atomic mass is 10.2. The minimum absolute atomic E-state index is 0.117. The monoisotopic (exact) mass is 464 g/mol. The number of amides is 1. The van der Waals surface area contributed by atoms with Gasteiger partial charge in [-0.25, -0.2) is 8.42 Å². The highest BCUT2D eigenvalue weighted by Gasteiger charge is 2.17. The molecule has 4 aromatic rings. The van der Waals surface area contributed by atoms with Gasteiger partial charge in [-0.1, -0.05) is 31.2 Å². The highest BCUT2D eigenvalue weighted by molar-refractivity contribution is 7.92. The molecule has 2 heterocycles. The predicted molar refractivity (Wildman–Crippen MR) is 127 cm³/mol. The molecule has 0 aliphatic rings.